The van der Waals surface area contributed by atoms with Gasteiger partial charge in [0.05, 0.1) is 19.4 Å². The van der Waals surface area contributed by atoms with Gasteiger partial charge in [0.1, 0.15) is 11.6 Å². The fraction of sp³-hybridized carbons (Fsp3) is 0.400. The van der Waals surface area contributed by atoms with Crippen molar-refractivity contribution in [2.75, 3.05) is 0 Å². The van der Waals surface area contributed by atoms with Gasteiger partial charge in [0.15, 0.2) is 11.5 Å². The average Bonchev–Trinajstić information content (AvgIpc) is 3.60. The smallest absolute Gasteiger partial charge is 0.273 e. The highest BCUT2D eigenvalue weighted by Gasteiger charge is 2.22. The van der Waals surface area contributed by atoms with Crippen LogP contribution in [0.4, 0.5) is 4.39 Å². The summed E-state index contributed by atoms with van der Waals surface area (Å²) in [4.78, 5) is 27.1. The van der Waals surface area contributed by atoms with Crippen LogP contribution in [0.15, 0.2) is 57.7 Å². The van der Waals surface area contributed by atoms with Crippen molar-refractivity contribution in [2.45, 2.75) is 58.2 Å². The quantitative estimate of drug-likeness (QED) is 0.475. The maximum Gasteiger partial charge on any atom is 0.273 e. The van der Waals surface area contributed by atoms with Gasteiger partial charge in [-0.1, -0.05) is 43.0 Å². The number of hydrogen-bond acceptors (Lipinski definition) is 5. The van der Waals surface area contributed by atoms with Gasteiger partial charge < -0.3 is 19.2 Å². The molecule has 3 aromatic rings. The minimum atomic E-state index is -0.403. The number of benzene rings is 1. The lowest BCUT2D eigenvalue weighted by Crippen LogP contribution is -2.30. The number of rotatable bonds is 10. The van der Waals surface area contributed by atoms with Crippen molar-refractivity contribution in [1.29, 1.82) is 0 Å². The van der Waals surface area contributed by atoms with E-state index in [4.69, 9.17) is 8.94 Å². The summed E-state index contributed by atoms with van der Waals surface area (Å²) in [7, 11) is 0. The van der Waals surface area contributed by atoms with Crippen molar-refractivity contribution in [2.24, 2.45) is 5.92 Å². The summed E-state index contributed by atoms with van der Waals surface area (Å²) < 4.78 is 23.8. The molecular weight excluding hydrogens is 425 g/mol. The number of carbonyl (C=O) groups is 2. The molecular formula is C25H28FN3O4. The summed E-state index contributed by atoms with van der Waals surface area (Å²) in [6.07, 6.45) is 7.84. The highest BCUT2D eigenvalue weighted by atomic mass is 19.1. The number of nitrogens with zero attached hydrogens (tertiary/aromatic N) is 2. The predicted molar refractivity (Wildman–Crippen MR) is 118 cm³/mol. The lowest BCUT2D eigenvalue weighted by Gasteiger charge is -2.21. The van der Waals surface area contributed by atoms with Gasteiger partial charge in [-0.2, -0.15) is 0 Å². The molecule has 1 aliphatic carbocycles. The highest BCUT2D eigenvalue weighted by molar-refractivity contribution is 5.92. The maximum atomic E-state index is 13.0. The van der Waals surface area contributed by atoms with Crippen LogP contribution in [-0.2, 0) is 24.4 Å². The van der Waals surface area contributed by atoms with Gasteiger partial charge in [-0.3, -0.25) is 9.59 Å². The van der Waals surface area contributed by atoms with E-state index >= 15 is 0 Å². The van der Waals surface area contributed by atoms with Gasteiger partial charge in [0, 0.05) is 19.0 Å². The summed E-state index contributed by atoms with van der Waals surface area (Å²) >= 11 is 0. The third-order valence-corrected chi connectivity index (χ3v) is 6.03. The topological polar surface area (TPSA) is 88.6 Å². The van der Waals surface area contributed by atoms with E-state index in [1.807, 2.05) is 6.07 Å². The number of hydrogen-bond donors (Lipinski definition) is 1. The first-order chi connectivity index (χ1) is 16.1. The fourth-order valence-corrected chi connectivity index (χ4v) is 4.17. The Hall–Kier alpha value is -3.42. The maximum absolute atomic E-state index is 13.0. The number of nitrogens with one attached hydrogen (secondary N) is 1. The first kappa shape index (κ1) is 22.8. The molecule has 1 fully saturated rings. The molecule has 1 aromatic carbocycles. The number of aromatic nitrogens is 1. The normalized spacial score (nSPS) is 13.8. The van der Waals surface area contributed by atoms with Crippen LogP contribution < -0.4 is 5.32 Å². The number of furan rings is 1. The van der Waals surface area contributed by atoms with Gasteiger partial charge >= 0.3 is 0 Å². The number of carbonyl (C=O) groups excluding carboxylic acids is 2. The Morgan fingerprint density at radius 3 is 2.58 bits per heavy atom. The summed E-state index contributed by atoms with van der Waals surface area (Å²) in [6, 6.07) is 11.0. The standard InChI is InChI=1S/C25H28FN3O4/c26-20-10-7-19(8-11-20)15-27-25(31)23-14-22(33-28-23)17-29(16-21-6-3-13-32-21)24(30)12-9-18-4-1-2-5-18/h3,6-8,10-11,13-14,18H,1-2,4-5,9,12,15-17H2,(H,27,31). The van der Waals surface area contributed by atoms with Gasteiger partial charge in [-0.25, -0.2) is 4.39 Å². The minimum absolute atomic E-state index is 0.0250. The zero-order chi connectivity index (χ0) is 23.0. The molecule has 2 heterocycles. The van der Waals surface area contributed by atoms with E-state index < -0.39 is 5.91 Å². The van der Waals surface area contributed by atoms with E-state index in [2.05, 4.69) is 10.5 Å². The Bertz CT molecular complexity index is 1040. The van der Waals surface area contributed by atoms with Crippen molar-refractivity contribution >= 4 is 11.8 Å². The second-order valence-electron chi connectivity index (χ2n) is 8.51. The van der Waals surface area contributed by atoms with Gasteiger partial charge in [0.2, 0.25) is 5.91 Å². The molecule has 2 aromatic heterocycles. The van der Waals surface area contributed by atoms with Crippen LogP contribution in [0.3, 0.4) is 0 Å². The van der Waals surface area contributed by atoms with E-state index in [1.165, 1.54) is 37.8 Å². The Balaban J connectivity index is 1.35. The Labute approximate surface area is 191 Å². The summed E-state index contributed by atoms with van der Waals surface area (Å²) in [6.45, 7) is 0.761. The van der Waals surface area contributed by atoms with Crippen LogP contribution in [0.5, 0.6) is 0 Å². The molecule has 0 radical (unpaired) electrons. The van der Waals surface area contributed by atoms with E-state index in [-0.39, 0.29) is 30.5 Å². The van der Waals surface area contributed by atoms with Gasteiger partial charge in [-0.05, 0) is 42.2 Å². The van der Waals surface area contributed by atoms with Gasteiger partial charge in [0.25, 0.3) is 5.91 Å². The van der Waals surface area contributed by atoms with Crippen molar-refractivity contribution < 1.29 is 22.9 Å². The van der Waals surface area contributed by atoms with Crippen LogP contribution in [0.25, 0.3) is 0 Å². The van der Waals surface area contributed by atoms with Crippen LogP contribution in [-0.4, -0.2) is 21.9 Å². The Morgan fingerprint density at radius 2 is 1.85 bits per heavy atom. The summed E-state index contributed by atoms with van der Waals surface area (Å²) in [5.74, 6) is 1.02. The molecule has 0 atom stereocenters. The third kappa shape index (κ3) is 6.54. The van der Waals surface area contributed by atoms with E-state index in [9.17, 15) is 14.0 Å². The van der Waals surface area contributed by atoms with Crippen molar-refractivity contribution in [3.8, 4) is 0 Å². The lowest BCUT2D eigenvalue weighted by molar-refractivity contribution is -0.133. The largest absolute Gasteiger partial charge is 0.467 e. The zero-order valence-electron chi connectivity index (χ0n) is 18.5. The first-order valence-corrected chi connectivity index (χ1v) is 11.3. The number of halogens is 1. The molecule has 8 heteroatoms. The Morgan fingerprint density at radius 1 is 1.09 bits per heavy atom. The molecule has 0 bridgehead atoms. The molecule has 0 spiro atoms. The second kappa shape index (κ2) is 10.9. The molecule has 1 saturated carbocycles. The second-order valence-corrected chi connectivity index (χ2v) is 8.51. The molecule has 0 unspecified atom stereocenters. The fourth-order valence-electron chi connectivity index (χ4n) is 4.17. The van der Waals surface area contributed by atoms with Crippen LogP contribution >= 0.6 is 0 Å². The molecule has 4 rings (SSSR count). The molecule has 7 nitrogen and oxygen atoms in total. The molecule has 0 saturated heterocycles. The molecule has 33 heavy (non-hydrogen) atoms. The molecule has 2 amide bonds. The van der Waals surface area contributed by atoms with E-state index in [0.29, 0.717) is 30.4 Å². The SMILES string of the molecule is O=C(NCc1ccc(F)cc1)c1cc(CN(Cc2ccco2)C(=O)CCC2CCCC2)on1. The molecule has 0 aliphatic heterocycles. The van der Waals surface area contributed by atoms with Crippen LogP contribution in [0.2, 0.25) is 0 Å². The molecule has 1 N–H and O–H groups in total. The van der Waals surface area contributed by atoms with Crippen LogP contribution in [0, 0.1) is 11.7 Å². The average molecular weight is 454 g/mol. The third-order valence-electron chi connectivity index (χ3n) is 6.03. The summed E-state index contributed by atoms with van der Waals surface area (Å²) in [5.41, 5.74) is 0.898. The van der Waals surface area contributed by atoms with Crippen LogP contribution in [0.1, 0.15) is 66.1 Å². The van der Waals surface area contributed by atoms with Crippen molar-refractivity contribution in [3.05, 3.63) is 77.3 Å². The first-order valence-electron chi connectivity index (χ1n) is 11.3. The van der Waals surface area contributed by atoms with Crippen molar-refractivity contribution in [3.63, 3.8) is 0 Å². The summed E-state index contributed by atoms with van der Waals surface area (Å²) in [5, 5.41) is 6.59. The monoisotopic (exact) mass is 453 g/mol. The molecule has 1 aliphatic rings. The Kier molecular flexibility index (Phi) is 7.55. The van der Waals surface area contributed by atoms with Crippen molar-refractivity contribution in [1.82, 2.24) is 15.4 Å². The molecule has 174 valence electrons. The van der Waals surface area contributed by atoms with E-state index in [1.54, 1.807) is 35.4 Å². The predicted octanol–water partition coefficient (Wildman–Crippen LogP) is 4.84. The minimum Gasteiger partial charge on any atom is -0.467 e. The highest BCUT2D eigenvalue weighted by Crippen LogP contribution is 2.29. The van der Waals surface area contributed by atoms with E-state index in [0.717, 1.165) is 12.0 Å². The number of amides is 2. The lowest BCUT2D eigenvalue weighted by atomic mass is 10.0. The van der Waals surface area contributed by atoms with Gasteiger partial charge in [-0.15, -0.1) is 0 Å². The zero-order valence-corrected chi connectivity index (χ0v) is 18.5.